The van der Waals surface area contributed by atoms with Crippen molar-refractivity contribution in [3.8, 4) is 5.75 Å². The van der Waals surface area contributed by atoms with Gasteiger partial charge in [0.25, 0.3) is 5.91 Å². The molecule has 0 radical (unpaired) electrons. The van der Waals surface area contributed by atoms with Gasteiger partial charge in [-0.2, -0.15) is 0 Å². The molecule has 124 valence electrons. The highest BCUT2D eigenvalue weighted by atomic mass is 35.5. The second kappa shape index (κ2) is 7.01. The Hall–Kier alpha value is -3.06. The number of ether oxygens (including phenoxy) is 1. The predicted octanol–water partition coefficient (Wildman–Crippen LogP) is 0.328. The van der Waals surface area contributed by atoms with Gasteiger partial charge in [0.2, 0.25) is 0 Å². The number of carbonyl (C=O) groups is 3. The van der Waals surface area contributed by atoms with Gasteiger partial charge in [-0.1, -0.05) is 11.6 Å². The Balaban J connectivity index is 2.33. The summed E-state index contributed by atoms with van der Waals surface area (Å²) in [5.74, 6) is -3.40. The summed E-state index contributed by atoms with van der Waals surface area (Å²) >= 11 is 5.93. The summed E-state index contributed by atoms with van der Waals surface area (Å²) in [5.41, 5.74) is -0.665. The molecule has 0 aliphatic heterocycles. The maximum absolute atomic E-state index is 12.2. The highest BCUT2D eigenvalue weighted by Gasteiger charge is 2.11. The van der Waals surface area contributed by atoms with E-state index in [0.29, 0.717) is 5.75 Å². The van der Waals surface area contributed by atoms with Crippen LogP contribution in [0.2, 0.25) is 5.02 Å². The number of amides is 1. The summed E-state index contributed by atoms with van der Waals surface area (Å²) < 4.78 is 4.97. The fourth-order valence-electron chi connectivity index (χ4n) is 1.95. The number of carbonyl (C=O) groups excluding carboxylic acids is 3. The van der Waals surface area contributed by atoms with E-state index in [1.165, 1.54) is 25.3 Å². The number of benzene rings is 2. The zero-order chi connectivity index (χ0) is 17.9. The lowest BCUT2D eigenvalue weighted by atomic mass is 10.1. The van der Waals surface area contributed by atoms with Crippen LogP contribution in [0.25, 0.3) is 0 Å². The van der Waals surface area contributed by atoms with E-state index in [1.807, 2.05) is 0 Å². The van der Waals surface area contributed by atoms with E-state index < -0.39 is 29.0 Å². The van der Waals surface area contributed by atoms with E-state index in [2.05, 4.69) is 5.32 Å². The molecule has 0 aliphatic rings. The lowest BCUT2D eigenvalue weighted by molar-refractivity contribution is -0.255. The quantitative estimate of drug-likeness (QED) is 0.832. The number of hydrogen-bond donors (Lipinski definition) is 1. The van der Waals surface area contributed by atoms with Crippen LogP contribution in [0.4, 0.5) is 5.69 Å². The maximum atomic E-state index is 12.2. The summed E-state index contributed by atoms with van der Waals surface area (Å²) in [7, 11) is 1.42. The van der Waals surface area contributed by atoms with Crippen molar-refractivity contribution in [3.63, 3.8) is 0 Å². The smallest absolute Gasteiger partial charge is 0.255 e. The normalized spacial score (nSPS) is 10.1. The Morgan fingerprint density at radius 1 is 0.958 bits per heavy atom. The molecule has 1 N–H and O–H groups in total. The minimum absolute atomic E-state index is 0.0344. The number of carboxylic acids is 2. The zero-order valence-electron chi connectivity index (χ0n) is 12.3. The van der Waals surface area contributed by atoms with Crippen molar-refractivity contribution in [2.24, 2.45) is 0 Å². The number of rotatable bonds is 5. The van der Waals surface area contributed by atoms with Gasteiger partial charge in [0.05, 0.1) is 24.1 Å². The molecule has 2 rings (SSSR count). The SMILES string of the molecule is COc1ccc(C(=O)Nc2cc(C(=O)[O-])cc(C(=O)[O-])c2)cc1Cl. The third-order valence-electron chi connectivity index (χ3n) is 3.08. The van der Waals surface area contributed by atoms with Crippen molar-refractivity contribution in [1.29, 1.82) is 0 Å². The second-order valence-corrected chi connectivity index (χ2v) is 5.08. The molecule has 0 aliphatic carbocycles. The molecule has 2 aromatic rings. The second-order valence-electron chi connectivity index (χ2n) is 4.68. The number of carboxylic acid groups (broad SMARTS) is 2. The number of methoxy groups -OCH3 is 1. The molecule has 0 spiro atoms. The first kappa shape index (κ1) is 17.3. The van der Waals surface area contributed by atoms with Gasteiger partial charge in [-0.25, -0.2) is 0 Å². The van der Waals surface area contributed by atoms with Crippen LogP contribution in [-0.2, 0) is 0 Å². The van der Waals surface area contributed by atoms with E-state index in [1.54, 1.807) is 0 Å². The first-order valence-electron chi connectivity index (χ1n) is 6.54. The lowest BCUT2D eigenvalue weighted by Gasteiger charge is -2.12. The van der Waals surface area contributed by atoms with Gasteiger partial charge in [-0.15, -0.1) is 0 Å². The summed E-state index contributed by atoms with van der Waals surface area (Å²) in [4.78, 5) is 34.1. The minimum Gasteiger partial charge on any atom is -0.545 e. The van der Waals surface area contributed by atoms with Crippen LogP contribution >= 0.6 is 11.6 Å². The van der Waals surface area contributed by atoms with Crippen molar-refractivity contribution in [2.75, 3.05) is 12.4 Å². The van der Waals surface area contributed by atoms with Crippen molar-refractivity contribution in [2.45, 2.75) is 0 Å². The first-order chi connectivity index (χ1) is 11.3. The predicted molar refractivity (Wildman–Crippen MR) is 81.1 cm³/mol. The molecule has 7 nitrogen and oxygen atoms in total. The molecule has 0 heterocycles. The molecule has 0 bridgehead atoms. The standard InChI is InChI=1S/C16H12ClNO6/c1-24-13-3-2-8(7-12(13)17)14(19)18-11-5-9(15(20)21)4-10(6-11)16(22)23/h2-7H,1H3,(H,18,19)(H,20,21)(H,22,23)/p-2. The molecule has 24 heavy (non-hydrogen) atoms. The summed E-state index contributed by atoms with van der Waals surface area (Å²) in [5, 5.41) is 24.5. The monoisotopic (exact) mass is 347 g/mol. The lowest BCUT2D eigenvalue weighted by Crippen LogP contribution is -2.26. The van der Waals surface area contributed by atoms with E-state index in [4.69, 9.17) is 16.3 Å². The van der Waals surface area contributed by atoms with Crippen LogP contribution in [0.15, 0.2) is 36.4 Å². The molecule has 0 aromatic heterocycles. The van der Waals surface area contributed by atoms with E-state index >= 15 is 0 Å². The van der Waals surface area contributed by atoms with Crippen molar-refractivity contribution in [3.05, 3.63) is 58.1 Å². The molecule has 2 aromatic carbocycles. The highest BCUT2D eigenvalue weighted by molar-refractivity contribution is 6.32. The van der Waals surface area contributed by atoms with Gasteiger partial charge in [0, 0.05) is 11.3 Å². The van der Waals surface area contributed by atoms with E-state index in [-0.39, 0.29) is 16.3 Å². The molecule has 0 fully saturated rings. The zero-order valence-corrected chi connectivity index (χ0v) is 13.0. The van der Waals surface area contributed by atoms with Gasteiger partial charge in [-0.05, 0) is 47.5 Å². The number of nitrogens with one attached hydrogen (secondary N) is 1. The van der Waals surface area contributed by atoms with Gasteiger partial charge < -0.3 is 29.9 Å². The van der Waals surface area contributed by atoms with Gasteiger partial charge in [0.1, 0.15) is 5.75 Å². The van der Waals surface area contributed by atoms with Crippen LogP contribution in [0, 0.1) is 0 Å². The molecular weight excluding hydrogens is 338 g/mol. The van der Waals surface area contributed by atoms with E-state index in [9.17, 15) is 24.6 Å². The molecule has 8 heteroatoms. The number of anilines is 1. The third-order valence-corrected chi connectivity index (χ3v) is 3.37. The molecule has 1 amide bonds. The van der Waals surface area contributed by atoms with Crippen LogP contribution < -0.4 is 20.3 Å². The molecule has 0 saturated carbocycles. The Morgan fingerprint density at radius 2 is 1.54 bits per heavy atom. The number of aromatic carboxylic acids is 2. The topological polar surface area (TPSA) is 119 Å². The van der Waals surface area contributed by atoms with Crippen LogP contribution in [-0.4, -0.2) is 25.0 Å². The van der Waals surface area contributed by atoms with Crippen molar-refractivity contribution in [1.82, 2.24) is 0 Å². The molecule has 0 atom stereocenters. The summed E-state index contributed by atoms with van der Waals surface area (Å²) in [6, 6.07) is 7.32. The molecular formula is C16H10ClNO6-2. The molecule has 0 saturated heterocycles. The summed E-state index contributed by atoms with van der Waals surface area (Å²) in [6.45, 7) is 0. The fraction of sp³-hybridized carbons (Fsp3) is 0.0625. The number of hydrogen-bond acceptors (Lipinski definition) is 6. The summed E-state index contributed by atoms with van der Waals surface area (Å²) in [6.07, 6.45) is 0. The first-order valence-corrected chi connectivity index (χ1v) is 6.92. The Bertz CT molecular complexity index is 801. The van der Waals surface area contributed by atoms with Crippen LogP contribution in [0.5, 0.6) is 5.75 Å². The van der Waals surface area contributed by atoms with Gasteiger partial charge in [0.15, 0.2) is 0 Å². The largest absolute Gasteiger partial charge is 0.545 e. The van der Waals surface area contributed by atoms with Crippen LogP contribution in [0.3, 0.4) is 0 Å². The third kappa shape index (κ3) is 3.82. The van der Waals surface area contributed by atoms with Crippen molar-refractivity contribution >= 4 is 35.1 Å². The molecule has 0 unspecified atom stereocenters. The minimum atomic E-state index is -1.58. The van der Waals surface area contributed by atoms with Crippen molar-refractivity contribution < 1.29 is 29.3 Å². The van der Waals surface area contributed by atoms with Gasteiger partial charge >= 0.3 is 0 Å². The number of halogens is 1. The van der Waals surface area contributed by atoms with E-state index in [0.717, 1.165) is 18.2 Å². The Morgan fingerprint density at radius 3 is 2.00 bits per heavy atom. The fourth-order valence-corrected chi connectivity index (χ4v) is 2.20. The van der Waals surface area contributed by atoms with Crippen LogP contribution in [0.1, 0.15) is 31.1 Å². The maximum Gasteiger partial charge on any atom is 0.255 e. The average molecular weight is 348 g/mol. The average Bonchev–Trinajstić information content (AvgIpc) is 2.54. The van der Waals surface area contributed by atoms with Gasteiger partial charge in [-0.3, -0.25) is 4.79 Å². The highest BCUT2D eigenvalue weighted by Crippen LogP contribution is 2.25. The Kier molecular flexibility index (Phi) is 5.05. The Labute approximate surface area is 141 Å².